The van der Waals surface area contributed by atoms with Crippen molar-refractivity contribution in [2.24, 2.45) is 0 Å². The van der Waals surface area contributed by atoms with Gasteiger partial charge in [0.1, 0.15) is 10.1 Å². The Balaban J connectivity index is 1.64. The molecule has 6 heteroatoms. The van der Waals surface area contributed by atoms with Crippen LogP contribution in [-0.4, -0.2) is 20.8 Å². The van der Waals surface area contributed by atoms with E-state index in [4.69, 9.17) is 27.9 Å². The molecule has 0 spiro atoms. The first-order valence-electron chi connectivity index (χ1n) is 7.66. The van der Waals surface area contributed by atoms with Crippen LogP contribution >= 0.6 is 23.2 Å². The number of nitrogens with zero attached hydrogens (tertiary/aromatic N) is 1. The van der Waals surface area contributed by atoms with Gasteiger partial charge in [0, 0.05) is 12.1 Å². The molecule has 1 saturated carbocycles. The highest BCUT2D eigenvalue weighted by Gasteiger charge is 2.52. The number of nitrogens with one attached hydrogen (secondary N) is 1. The van der Waals surface area contributed by atoms with Crippen molar-refractivity contribution in [3.8, 4) is 5.75 Å². The zero-order chi connectivity index (χ0) is 17.4. The van der Waals surface area contributed by atoms with Crippen molar-refractivity contribution in [1.29, 1.82) is 0 Å². The van der Waals surface area contributed by atoms with Crippen LogP contribution in [0.5, 0.6) is 5.75 Å². The van der Waals surface area contributed by atoms with Crippen LogP contribution in [0.25, 0.3) is 0 Å². The maximum Gasteiger partial charge on any atom is 0.268 e. The van der Waals surface area contributed by atoms with Gasteiger partial charge < -0.3 is 10.1 Å². The molecule has 0 unspecified atom stereocenters. The molecule has 2 aromatic rings. The minimum atomic E-state index is -1.03. The summed E-state index contributed by atoms with van der Waals surface area (Å²) in [5.74, 6) is 0.527. The van der Waals surface area contributed by atoms with E-state index in [0.29, 0.717) is 11.4 Å². The number of alkyl halides is 2. The average molecular weight is 365 g/mol. The summed E-state index contributed by atoms with van der Waals surface area (Å²) in [6.07, 6.45) is 3.99. The molecule has 1 aromatic heterocycles. The lowest BCUT2D eigenvalue weighted by Gasteiger charge is -2.25. The SMILES string of the molecule is CC(C)(Oc1ccc([C@H]2CC2(Cl)Cl)cc1)C(=O)Nc1cccnc1. The van der Waals surface area contributed by atoms with Crippen LogP contribution < -0.4 is 10.1 Å². The normalized spacial score (nSPS) is 18.8. The molecule has 0 saturated heterocycles. The van der Waals surface area contributed by atoms with Crippen molar-refractivity contribution in [3.05, 3.63) is 54.4 Å². The first kappa shape index (κ1) is 17.1. The predicted octanol–water partition coefficient (Wildman–Crippen LogP) is 4.54. The van der Waals surface area contributed by atoms with E-state index < -0.39 is 9.93 Å². The quantitative estimate of drug-likeness (QED) is 0.792. The number of amides is 1. The maximum absolute atomic E-state index is 12.4. The average Bonchev–Trinajstić information content (AvgIpc) is 3.17. The number of ether oxygens (including phenoxy) is 1. The summed E-state index contributed by atoms with van der Waals surface area (Å²) in [5, 5.41) is 2.79. The van der Waals surface area contributed by atoms with E-state index in [9.17, 15) is 4.79 Å². The van der Waals surface area contributed by atoms with Crippen molar-refractivity contribution in [3.63, 3.8) is 0 Å². The molecule has 0 bridgehead atoms. The third kappa shape index (κ3) is 3.82. The Bertz CT molecular complexity index is 730. The number of aromatic nitrogens is 1. The van der Waals surface area contributed by atoms with Crippen molar-refractivity contribution >= 4 is 34.8 Å². The second-order valence-electron chi connectivity index (χ2n) is 6.39. The Labute approximate surface area is 151 Å². The number of carbonyl (C=O) groups is 1. The van der Waals surface area contributed by atoms with Crippen LogP contribution in [-0.2, 0) is 4.79 Å². The molecular weight excluding hydrogens is 347 g/mol. The second-order valence-corrected chi connectivity index (χ2v) is 7.94. The number of hydrogen-bond donors (Lipinski definition) is 1. The molecule has 1 aromatic carbocycles. The van der Waals surface area contributed by atoms with Gasteiger partial charge in [-0.25, -0.2) is 0 Å². The number of pyridine rings is 1. The maximum atomic E-state index is 12.4. The molecule has 4 nitrogen and oxygen atoms in total. The number of rotatable bonds is 5. The zero-order valence-electron chi connectivity index (χ0n) is 13.4. The number of carbonyl (C=O) groups excluding carboxylic acids is 1. The van der Waals surface area contributed by atoms with Crippen molar-refractivity contribution in [1.82, 2.24) is 4.98 Å². The van der Waals surface area contributed by atoms with E-state index in [1.165, 1.54) is 0 Å². The van der Waals surface area contributed by atoms with E-state index in [1.807, 2.05) is 24.3 Å². The lowest BCUT2D eigenvalue weighted by atomic mass is 10.1. The summed E-state index contributed by atoms with van der Waals surface area (Å²) in [5.41, 5.74) is 0.674. The topological polar surface area (TPSA) is 51.2 Å². The summed E-state index contributed by atoms with van der Waals surface area (Å²) in [7, 11) is 0. The van der Waals surface area contributed by atoms with Gasteiger partial charge in [-0.3, -0.25) is 9.78 Å². The fourth-order valence-electron chi connectivity index (χ4n) is 2.40. The standard InChI is InChI=1S/C18H18Cl2N2O2/c1-17(2,16(23)22-13-4-3-9-21-11-13)24-14-7-5-12(6-8-14)15-10-18(15,19)20/h3-9,11,15H,10H2,1-2H3,(H,22,23)/t15-/m1/s1. The minimum absolute atomic E-state index is 0.164. The van der Waals surface area contributed by atoms with Gasteiger partial charge in [-0.2, -0.15) is 0 Å². The third-order valence-electron chi connectivity index (χ3n) is 3.95. The number of anilines is 1. The largest absolute Gasteiger partial charge is 0.478 e. The van der Waals surface area contributed by atoms with Gasteiger partial charge in [-0.15, -0.1) is 23.2 Å². The van der Waals surface area contributed by atoms with E-state index in [0.717, 1.165) is 12.0 Å². The zero-order valence-corrected chi connectivity index (χ0v) is 14.9. The van der Waals surface area contributed by atoms with Gasteiger partial charge in [0.25, 0.3) is 5.91 Å². The Morgan fingerprint density at radius 3 is 2.50 bits per heavy atom. The van der Waals surface area contributed by atoms with E-state index in [-0.39, 0.29) is 11.8 Å². The molecule has 0 radical (unpaired) electrons. The molecule has 3 rings (SSSR count). The molecule has 1 heterocycles. The highest BCUT2D eigenvalue weighted by atomic mass is 35.5. The highest BCUT2D eigenvalue weighted by molar-refractivity contribution is 6.51. The van der Waals surface area contributed by atoms with Crippen LogP contribution in [0.4, 0.5) is 5.69 Å². The van der Waals surface area contributed by atoms with E-state index in [1.54, 1.807) is 38.4 Å². The Hall–Kier alpha value is -1.78. The molecular formula is C18H18Cl2N2O2. The minimum Gasteiger partial charge on any atom is -0.478 e. The molecule has 1 amide bonds. The summed E-state index contributed by atoms with van der Waals surface area (Å²) < 4.78 is 5.20. The van der Waals surface area contributed by atoms with Crippen molar-refractivity contribution in [2.75, 3.05) is 5.32 Å². The molecule has 1 aliphatic rings. The van der Waals surface area contributed by atoms with Crippen molar-refractivity contribution in [2.45, 2.75) is 36.1 Å². The fourth-order valence-corrected chi connectivity index (χ4v) is 2.96. The van der Waals surface area contributed by atoms with Gasteiger partial charge in [0.2, 0.25) is 0 Å². The third-order valence-corrected chi connectivity index (χ3v) is 4.78. The van der Waals surface area contributed by atoms with Crippen molar-refractivity contribution < 1.29 is 9.53 Å². The monoisotopic (exact) mass is 364 g/mol. The van der Waals surface area contributed by atoms with Gasteiger partial charge in [-0.1, -0.05) is 12.1 Å². The smallest absolute Gasteiger partial charge is 0.268 e. The van der Waals surface area contributed by atoms with Gasteiger partial charge >= 0.3 is 0 Å². The lowest BCUT2D eigenvalue weighted by Crippen LogP contribution is -2.42. The molecule has 126 valence electrons. The number of halogens is 2. The van der Waals surface area contributed by atoms with Crippen LogP contribution in [0.15, 0.2) is 48.8 Å². The second kappa shape index (κ2) is 6.26. The molecule has 24 heavy (non-hydrogen) atoms. The van der Waals surface area contributed by atoms with Crippen LogP contribution in [0.1, 0.15) is 31.7 Å². The van der Waals surface area contributed by atoms with Crippen LogP contribution in [0.2, 0.25) is 0 Å². The molecule has 1 atom stereocenters. The summed E-state index contributed by atoms with van der Waals surface area (Å²) in [6, 6.07) is 11.1. The first-order valence-corrected chi connectivity index (χ1v) is 8.42. The first-order chi connectivity index (χ1) is 11.3. The Morgan fingerprint density at radius 1 is 1.29 bits per heavy atom. The number of benzene rings is 1. The lowest BCUT2D eigenvalue weighted by molar-refractivity contribution is -0.128. The van der Waals surface area contributed by atoms with E-state index >= 15 is 0 Å². The highest BCUT2D eigenvalue weighted by Crippen LogP contribution is 2.59. The Morgan fingerprint density at radius 2 is 1.96 bits per heavy atom. The van der Waals surface area contributed by atoms with Crippen LogP contribution in [0.3, 0.4) is 0 Å². The predicted molar refractivity (Wildman–Crippen MR) is 95.8 cm³/mol. The summed E-state index contributed by atoms with van der Waals surface area (Å²) >= 11 is 12.2. The molecule has 1 fully saturated rings. The summed E-state index contributed by atoms with van der Waals surface area (Å²) in [6.45, 7) is 3.44. The van der Waals surface area contributed by atoms with Crippen LogP contribution in [0, 0.1) is 0 Å². The summed E-state index contributed by atoms with van der Waals surface area (Å²) in [4.78, 5) is 16.4. The molecule has 0 aliphatic heterocycles. The van der Waals surface area contributed by atoms with E-state index in [2.05, 4.69) is 10.3 Å². The molecule has 1 N–H and O–H groups in total. The Kier molecular flexibility index (Phi) is 4.45. The van der Waals surface area contributed by atoms with Gasteiger partial charge in [-0.05, 0) is 50.1 Å². The van der Waals surface area contributed by atoms with Gasteiger partial charge in [0.15, 0.2) is 5.60 Å². The molecule has 1 aliphatic carbocycles. The number of hydrogen-bond acceptors (Lipinski definition) is 3. The fraction of sp³-hybridized carbons (Fsp3) is 0.333. The van der Waals surface area contributed by atoms with Gasteiger partial charge in [0.05, 0.1) is 11.9 Å².